The van der Waals surface area contributed by atoms with Crippen molar-refractivity contribution in [2.24, 2.45) is 11.8 Å². The van der Waals surface area contributed by atoms with Gasteiger partial charge >= 0.3 is 5.97 Å². The lowest BCUT2D eigenvalue weighted by atomic mass is 10.1. The van der Waals surface area contributed by atoms with E-state index in [1.807, 2.05) is 18.2 Å². The third kappa shape index (κ3) is 3.82. The molecule has 0 bridgehead atoms. The summed E-state index contributed by atoms with van der Waals surface area (Å²) in [6, 6.07) is 15.3. The predicted molar refractivity (Wildman–Crippen MR) is 108 cm³/mol. The van der Waals surface area contributed by atoms with Crippen molar-refractivity contribution >= 4 is 11.8 Å². The van der Waals surface area contributed by atoms with Gasteiger partial charge in [-0.1, -0.05) is 6.07 Å². The third-order valence-electron chi connectivity index (χ3n) is 5.20. The van der Waals surface area contributed by atoms with E-state index in [4.69, 9.17) is 15.1 Å². The summed E-state index contributed by atoms with van der Waals surface area (Å²) < 4.78 is 21.1. The monoisotopic (exact) mass is 406 g/mol. The molecule has 1 fully saturated rings. The summed E-state index contributed by atoms with van der Waals surface area (Å²) in [5.74, 6) is -0.364. The zero-order valence-electron chi connectivity index (χ0n) is 16.2. The lowest BCUT2D eigenvalue weighted by molar-refractivity contribution is -0.138. The minimum atomic E-state index is -0.778. The molecular formula is C22H19FN4O3. The number of carboxylic acids is 1. The number of anilines is 1. The van der Waals surface area contributed by atoms with Crippen molar-refractivity contribution in [1.29, 1.82) is 5.26 Å². The first-order valence-electron chi connectivity index (χ1n) is 9.41. The van der Waals surface area contributed by atoms with Crippen LogP contribution in [0, 0.1) is 29.0 Å². The van der Waals surface area contributed by atoms with Crippen LogP contribution in [0.15, 0.2) is 48.5 Å². The number of halogens is 1. The number of hydrogen-bond donors (Lipinski definition) is 2. The number of nitrogens with zero attached hydrogens (tertiary/aromatic N) is 3. The van der Waals surface area contributed by atoms with Gasteiger partial charge in [0.1, 0.15) is 23.5 Å². The highest BCUT2D eigenvalue weighted by Gasteiger charge is 2.42. The molecule has 152 valence electrons. The van der Waals surface area contributed by atoms with E-state index in [2.05, 4.69) is 10.4 Å². The number of nitrogens with one attached hydrogen (secondary N) is 1. The zero-order chi connectivity index (χ0) is 21.3. The van der Waals surface area contributed by atoms with E-state index in [-0.39, 0.29) is 17.4 Å². The summed E-state index contributed by atoms with van der Waals surface area (Å²) in [6.07, 6.45) is 0.648. The van der Waals surface area contributed by atoms with Crippen molar-refractivity contribution in [3.05, 3.63) is 59.9 Å². The van der Waals surface area contributed by atoms with Gasteiger partial charge in [0.05, 0.1) is 30.0 Å². The largest absolute Gasteiger partial charge is 0.497 e. The van der Waals surface area contributed by atoms with E-state index < -0.39 is 11.8 Å². The molecule has 3 aromatic rings. The van der Waals surface area contributed by atoms with Crippen LogP contribution in [0.3, 0.4) is 0 Å². The van der Waals surface area contributed by atoms with E-state index in [1.165, 1.54) is 12.1 Å². The number of carboxylic acid groups (broad SMARTS) is 1. The molecule has 1 saturated carbocycles. The summed E-state index contributed by atoms with van der Waals surface area (Å²) in [5.41, 5.74) is 1.92. The van der Waals surface area contributed by atoms with Gasteiger partial charge in [0.2, 0.25) is 0 Å². The maximum atomic E-state index is 14.2. The molecule has 2 atom stereocenters. The van der Waals surface area contributed by atoms with E-state index in [9.17, 15) is 9.18 Å². The maximum Gasteiger partial charge on any atom is 0.306 e. The Morgan fingerprint density at radius 2 is 2.10 bits per heavy atom. The second-order valence-electron chi connectivity index (χ2n) is 7.15. The average Bonchev–Trinajstić information content (AvgIpc) is 3.42. The summed E-state index contributed by atoms with van der Waals surface area (Å²) in [4.78, 5) is 11.0. The van der Waals surface area contributed by atoms with Crippen LogP contribution in [0.1, 0.15) is 12.0 Å². The van der Waals surface area contributed by atoms with Crippen molar-refractivity contribution in [3.8, 4) is 28.8 Å². The van der Waals surface area contributed by atoms with Crippen molar-refractivity contribution in [3.63, 3.8) is 0 Å². The summed E-state index contributed by atoms with van der Waals surface area (Å²) in [7, 11) is 1.58. The summed E-state index contributed by atoms with van der Waals surface area (Å²) >= 11 is 0. The maximum absolute atomic E-state index is 14.2. The van der Waals surface area contributed by atoms with E-state index in [0.29, 0.717) is 35.8 Å². The van der Waals surface area contributed by atoms with Crippen molar-refractivity contribution in [2.75, 3.05) is 19.0 Å². The first kappa shape index (κ1) is 19.5. The molecule has 1 aromatic heterocycles. The lowest BCUT2D eigenvalue weighted by Gasteiger charge is -2.09. The number of rotatable bonds is 7. The van der Waals surface area contributed by atoms with Crippen LogP contribution < -0.4 is 10.1 Å². The highest BCUT2D eigenvalue weighted by molar-refractivity contribution is 5.73. The molecule has 1 heterocycles. The number of benzene rings is 2. The summed E-state index contributed by atoms with van der Waals surface area (Å²) in [6.45, 7) is 0.498. The molecule has 0 saturated heterocycles. The van der Waals surface area contributed by atoms with Gasteiger partial charge in [0.15, 0.2) is 0 Å². The minimum absolute atomic E-state index is 0.0268. The van der Waals surface area contributed by atoms with Crippen LogP contribution in [0.2, 0.25) is 0 Å². The van der Waals surface area contributed by atoms with Gasteiger partial charge in [0.25, 0.3) is 0 Å². The Morgan fingerprint density at radius 1 is 1.33 bits per heavy atom. The van der Waals surface area contributed by atoms with Gasteiger partial charge in [-0.3, -0.25) is 4.79 Å². The van der Waals surface area contributed by atoms with Gasteiger partial charge in [0, 0.05) is 18.2 Å². The molecule has 1 unspecified atom stereocenters. The van der Waals surface area contributed by atoms with Gasteiger partial charge in [-0.25, -0.2) is 9.07 Å². The quantitative estimate of drug-likeness (QED) is 0.621. The van der Waals surface area contributed by atoms with Crippen molar-refractivity contribution in [2.45, 2.75) is 6.42 Å². The topological polar surface area (TPSA) is 100 Å². The summed E-state index contributed by atoms with van der Waals surface area (Å²) in [5, 5.41) is 25.8. The molecule has 7 nitrogen and oxygen atoms in total. The fourth-order valence-electron chi connectivity index (χ4n) is 3.37. The van der Waals surface area contributed by atoms with Crippen LogP contribution >= 0.6 is 0 Å². The Bertz CT molecular complexity index is 1130. The Morgan fingerprint density at radius 3 is 2.70 bits per heavy atom. The Labute approximate surface area is 172 Å². The fraction of sp³-hybridized carbons (Fsp3) is 0.227. The predicted octanol–water partition coefficient (Wildman–Crippen LogP) is 3.69. The number of nitriles is 1. The molecule has 0 radical (unpaired) electrons. The van der Waals surface area contributed by atoms with Crippen LogP contribution in [-0.2, 0) is 4.79 Å². The Hall–Kier alpha value is -3.86. The molecule has 0 amide bonds. The highest BCUT2D eigenvalue weighted by atomic mass is 19.1. The number of aromatic nitrogens is 2. The smallest absolute Gasteiger partial charge is 0.306 e. The number of aliphatic carboxylic acids is 1. The van der Waals surface area contributed by atoms with Gasteiger partial charge in [-0.15, -0.1) is 5.10 Å². The number of hydrogen-bond acceptors (Lipinski definition) is 5. The standard InChI is InChI=1S/C22H19FN4O3/c1-30-17-6-4-16(5-7-17)27-20(13-2-3-14(11-24)19(23)9-13)10-21(26-27)25-12-15-8-18(15)22(28)29/h2-7,9-10,15,18H,8,12H2,1H3,(H,25,26)(H,28,29)/t15?,18-/m1/s1. The fourth-order valence-corrected chi connectivity index (χ4v) is 3.37. The second-order valence-corrected chi connectivity index (χ2v) is 7.15. The second kappa shape index (κ2) is 7.87. The van der Waals surface area contributed by atoms with Crippen molar-refractivity contribution < 1.29 is 19.0 Å². The number of carbonyl (C=O) groups is 1. The molecule has 0 aliphatic heterocycles. The van der Waals surface area contributed by atoms with Gasteiger partial charge in [-0.2, -0.15) is 5.26 Å². The van der Waals surface area contributed by atoms with Gasteiger partial charge < -0.3 is 15.2 Å². The van der Waals surface area contributed by atoms with Crippen LogP contribution in [0.25, 0.3) is 16.9 Å². The van der Waals surface area contributed by atoms with Crippen LogP contribution in [0.5, 0.6) is 5.75 Å². The normalized spacial score (nSPS) is 17.2. The van der Waals surface area contributed by atoms with E-state index in [0.717, 1.165) is 5.69 Å². The molecule has 30 heavy (non-hydrogen) atoms. The number of ether oxygens (including phenoxy) is 1. The molecule has 8 heteroatoms. The first-order chi connectivity index (χ1) is 14.5. The molecule has 1 aliphatic carbocycles. The SMILES string of the molecule is COc1ccc(-n2nc(NCC3C[C@H]3C(=O)O)cc2-c2ccc(C#N)c(F)c2)cc1. The number of methoxy groups -OCH3 is 1. The molecule has 4 rings (SSSR count). The molecule has 1 aliphatic rings. The average molecular weight is 406 g/mol. The van der Waals surface area contributed by atoms with E-state index >= 15 is 0 Å². The van der Waals surface area contributed by atoms with Gasteiger partial charge in [-0.05, 0) is 48.7 Å². The minimum Gasteiger partial charge on any atom is -0.497 e. The van der Waals surface area contributed by atoms with E-state index in [1.54, 1.807) is 36.1 Å². The first-order valence-corrected chi connectivity index (χ1v) is 9.41. The third-order valence-corrected chi connectivity index (χ3v) is 5.20. The zero-order valence-corrected chi connectivity index (χ0v) is 16.2. The Kier molecular flexibility index (Phi) is 5.11. The molecule has 0 spiro atoms. The van der Waals surface area contributed by atoms with Crippen LogP contribution in [0.4, 0.5) is 10.2 Å². The molecule has 2 N–H and O–H groups in total. The highest BCUT2D eigenvalue weighted by Crippen LogP contribution is 2.38. The molecular weight excluding hydrogens is 387 g/mol. The Balaban J connectivity index is 1.67. The van der Waals surface area contributed by atoms with Crippen LogP contribution in [-0.4, -0.2) is 34.5 Å². The van der Waals surface area contributed by atoms with Crippen molar-refractivity contribution in [1.82, 2.24) is 9.78 Å². The lowest BCUT2D eigenvalue weighted by Crippen LogP contribution is -2.09. The molecule has 2 aromatic carbocycles.